The smallest absolute Gasteiger partial charge is 0.337 e. The summed E-state index contributed by atoms with van der Waals surface area (Å²) in [6.07, 6.45) is 2.87. The van der Waals surface area contributed by atoms with Crippen LogP contribution in [0.15, 0.2) is 36.4 Å². The van der Waals surface area contributed by atoms with E-state index in [9.17, 15) is 4.79 Å². The van der Waals surface area contributed by atoms with Crippen molar-refractivity contribution in [2.45, 2.75) is 26.2 Å². The molecule has 3 rings (SSSR count). The summed E-state index contributed by atoms with van der Waals surface area (Å²) in [6.45, 7) is 2.11. The van der Waals surface area contributed by atoms with Crippen molar-refractivity contribution in [3.05, 3.63) is 68.7 Å². The zero-order valence-corrected chi connectivity index (χ0v) is 15.2. The lowest BCUT2D eigenvalue weighted by atomic mass is 9.93. The first-order valence-corrected chi connectivity index (χ1v) is 8.63. The maximum Gasteiger partial charge on any atom is 0.337 e. The van der Waals surface area contributed by atoms with E-state index in [0.29, 0.717) is 15.6 Å². The number of carbonyl (C=O) groups excluding carboxylic acids is 1. The molecule has 1 aliphatic rings. The molecule has 1 aliphatic carbocycles. The van der Waals surface area contributed by atoms with E-state index in [0.717, 1.165) is 24.8 Å². The molecule has 0 spiro atoms. The normalized spacial score (nSPS) is 14.2. The summed E-state index contributed by atoms with van der Waals surface area (Å²) in [5.74, 6) is -0.301. The van der Waals surface area contributed by atoms with Gasteiger partial charge < -0.3 is 4.74 Å². The number of hydrogen-bond acceptors (Lipinski definition) is 2. The Hall–Kier alpha value is -1.77. The number of allylic oxidation sites excluding steroid dienone is 2. The first-order valence-electron chi connectivity index (χ1n) is 7.88. The zero-order chi connectivity index (χ0) is 17.3. The fraction of sp³-hybridized carbons (Fsp3) is 0.250. The van der Waals surface area contributed by atoms with Crippen LogP contribution in [0.1, 0.15) is 46.8 Å². The average molecular weight is 361 g/mol. The Bertz CT molecular complexity index is 838. The molecule has 24 heavy (non-hydrogen) atoms. The summed E-state index contributed by atoms with van der Waals surface area (Å²) >= 11 is 12.4. The standard InChI is InChI=1S/C20H18Cl2O2/c1-12-16-8-6-14(20(23)24-2)10-13(16)4-3-5-17(12)18-9-7-15(21)11-19(18)22/h6-11H,3-5H2,1-2H3. The van der Waals surface area contributed by atoms with E-state index in [4.69, 9.17) is 27.9 Å². The van der Waals surface area contributed by atoms with E-state index in [1.54, 1.807) is 6.07 Å². The summed E-state index contributed by atoms with van der Waals surface area (Å²) in [6, 6.07) is 11.4. The highest BCUT2D eigenvalue weighted by Crippen LogP contribution is 2.39. The fourth-order valence-electron chi connectivity index (χ4n) is 3.29. The SMILES string of the molecule is COC(=O)c1ccc2c(c1)CCCC(c1ccc(Cl)cc1Cl)=C2C. The summed E-state index contributed by atoms with van der Waals surface area (Å²) in [7, 11) is 1.40. The molecule has 0 heterocycles. The monoisotopic (exact) mass is 360 g/mol. The first-order chi connectivity index (χ1) is 11.5. The Kier molecular flexibility index (Phi) is 4.98. The van der Waals surface area contributed by atoms with E-state index >= 15 is 0 Å². The van der Waals surface area contributed by atoms with Gasteiger partial charge in [0.2, 0.25) is 0 Å². The second-order valence-corrected chi connectivity index (χ2v) is 6.79. The Morgan fingerprint density at radius 1 is 1.04 bits per heavy atom. The maximum absolute atomic E-state index is 11.8. The van der Waals surface area contributed by atoms with Crippen LogP contribution < -0.4 is 0 Å². The Balaban J connectivity index is 2.11. The van der Waals surface area contributed by atoms with Gasteiger partial charge in [0, 0.05) is 10.0 Å². The van der Waals surface area contributed by atoms with Crippen molar-refractivity contribution >= 4 is 40.3 Å². The zero-order valence-electron chi connectivity index (χ0n) is 13.7. The van der Waals surface area contributed by atoms with Gasteiger partial charge in [0.05, 0.1) is 12.7 Å². The number of aryl methyl sites for hydroxylation is 1. The number of benzene rings is 2. The number of ether oxygens (including phenoxy) is 1. The van der Waals surface area contributed by atoms with Crippen molar-refractivity contribution in [3.63, 3.8) is 0 Å². The number of fused-ring (bicyclic) bond motifs is 1. The molecule has 4 heteroatoms. The number of rotatable bonds is 2. The largest absolute Gasteiger partial charge is 0.465 e. The van der Waals surface area contributed by atoms with Crippen LogP contribution in [0.5, 0.6) is 0 Å². The van der Waals surface area contributed by atoms with Crippen LogP contribution in [0.25, 0.3) is 11.1 Å². The molecular weight excluding hydrogens is 343 g/mol. The van der Waals surface area contributed by atoms with E-state index in [2.05, 4.69) is 6.92 Å². The molecule has 0 unspecified atom stereocenters. The van der Waals surface area contributed by atoms with Crippen molar-refractivity contribution in [3.8, 4) is 0 Å². The molecule has 0 atom stereocenters. The third-order valence-electron chi connectivity index (χ3n) is 4.51. The average Bonchev–Trinajstić information content (AvgIpc) is 2.73. The number of carbonyl (C=O) groups is 1. The van der Waals surface area contributed by atoms with Gasteiger partial charge in [-0.1, -0.05) is 35.3 Å². The second kappa shape index (κ2) is 7.00. The molecule has 0 aromatic heterocycles. The predicted octanol–water partition coefficient (Wildman–Crippen LogP) is 6.05. The topological polar surface area (TPSA) is 26.3 Å². The lowest BCUT2D eigenvalue weighted by Crippen LogP contribution is -2.03. The summed E-state index contributed by atoms with van der Waals surface area (Å²) in [5.41, 5.74) is 6.40. The van der Waals surface area contributed by atoms with Crippen molar-refractivity contribution < 1.29 is 9.53 Å². The summed E-state index contributed by atoms with van der Waals surface area (Å²) < 4.78 is 4.82. The number of halogens is 2. The van der Waals surface area contributed by atoms with Gasteiger partial charge in [0.1, 0.15) is 0 Å². The van der Waals surface area contributed by atoms with E-state index in [1.165, 1.54) is 29.4 Å². The van der Waals surface area contributed by atoms with Crippen LogP contribution in [0.4, 0.5) is 0 Å². The number of esters is 1. The van der Waals surface area contributed by atoms with E-state index < -0.39 is 0 Å². The molecule has 0 saturated heterocycles. The minimum Gasteiger partial charge on any atom is -0.465 e. The molecule has 2 aromatic carbocycles. The molecule has 124 valence electrons. The lowest BCUT2D eigenvalue weighted by molar-refractivity contribution is 0.0600. The van der Waals surface area contributed by atoms with Gasteiger partial charge in [-0.2, -0.15) is 0 Å². The van der Waals surface area contributed by atoms with Crippen LogP contribution in [0, 0.1) is 0 Å². The molecule has 0 N–H and O–H groups in total. The van der Waals surface area contributed by atoms with Gasteiger partial charge in [0.25, 0.3) is 0 Å². The van der Waals surface area contributed by atoms with Crippen molar-refractivity contribution in [1.29, 1.82) is 0 Å². The molecule has 0 bridgehead atoms. The molecule has 0 saturated carbocycles. The minimum atomic E-state index is -0.301. The van der Waals surface area contributed by atoms with Crippen LogP contribution in [-0.2, 0) is 11.2 Å². The van der Waals surface area contributed by atoms with Gasteiger partial charge in [-0.05, 0) is 78.3 Å². The third-order valence-corrected chi connectivity index (χ3v) is 5.06. The molecular formula is C20H18Cl2O2. The van der Waals surface area contributed by atoms with Crippen molar-refractivity contribution in [1.82, 2.24) is 0 Å². The van der Waals surface area contributed by atoms with Crippen LogP contribution in [-0.4, -0.2) is 13.1 Å². The van der Waals surface area contributed by atoms with E-state index in [-0.39, 0.29) is 5.97 Å². The quantitative estimate of drug-likeness (QED) is 0.609. The van der Waals surface area contributed by atoms with E-state index in [1.807, 2.05) is 30.3 Å². The third kappa shape index (κ3) is 3.22. The van der Waals surface area contributed by atoms with Gasteiger partial charge in [-0.25, -0.2) is 4.79 Å². The number of methoxy groups -OCH3 is 1. The summed E-state index contributed by atoms with van der Waals surface area (Å²) in [5, 5.41) is 1.31. The second-order valence-electron chi connectivity index (χ2n) is 5.94. The molecule has 2 nitrogen and oxygen atoms in total. The van der Waals surface area contributed by atoms with Crippen LogP contribution in [0.2, 0.25) is 10.0 Å². The Morgan fingerprint density at radius 3 is 2.50 bits per heavy atom. The van der Waals surface area contributed by atoms with Crippen LogP contribution in [0.3, 0.4) is 0 Å². The first kappa shape index (κ1) is 17.1. The highest BCUT2D eigenvalue weighted by atomic mass is 35.5. The summed E-state index contributed by atoms with van der Waals surface area (Å²) in [4.78, 5) is 11.8. The predicted molar refractivity (Wildman–Crippen MR) is 99.7 cm³/mol. The molecule has 0 aliphatic heterocycles. The van der Waals surface area contributed by atoms with Gasteiger partial charge >= 0.3 is 5.97 Å². The van der Waals surface area contributed by atoms with Crippen molar-refractivity contribution in [2.24, 2.45) is 0 Å². The highest BCUT2D eigenvalue weighted by molar-refractivity contribution is 6.36. The molecule has 0 amide bonds. The number of hydrogen-bond donors (Lipinski definition) is 0. The van der Waals surface area contributed by atoms with Gasteiger partial charge in [-0.3, -0.25) is 0 Å². The minimum absolute atomic E-state index is 0.301. The fourth-order valence-corrected chi connectivity index (χ4v) is 3.81. The van der Waals surface area contributed by atoms with Gasteiger partial charge in [0.15, 0.2) is 0 Å². The highest BCUT2D eigenvalue weighted by Gasteiger charge is 2.19. The maximum atomic E-state index is 11.8. The van der Waals surface area contributed by atoms with Gasteiger partial charge in [-0.15, -0.1) is 0 Å². The molecule has 0 fully saturated rings. The molecule has 2 aromatic rings. The Labute approximate surface area is 152 Å². The van der Waals surface area contributed by atoms with Crippen molar-refractivity contribution in [2.75, 3.05) is 7.11 Å². The Morgan fingerprint density at radius 2 is 1.79 bits per heavy atom. The van der Waals surface area contributed by atoms with Crippen LogP contribution >= 0.6 is 23.2 Å². The lowest BCUT2D eigenvalue weighted by Gasteiger charge is -2.14. The molecule has 0 radical (unpaired) electrons.